The molecule has 0 fully saturated rings. The molecule has 1 aromatic heterocycles. The maximum absolute atomic E-state index is 13.0. The van der Waals surface area contributed by atoms with Crippen LogP contribution in [0.2, 0.25) is 0 Å². The van der Waals surface area contributed by atoms with E-state index >= 15 is 0 Å². The molecule has 1 aromatic carbocycles. The first-order valence-corrected chi connectivity index (χ1v) is 5.74. The Hall–Kier alpha value is -2.37. The van der Waals surface area contributed by atoms with E-state index in [0.29, 0.717) is 18.0 Å². The van der Waals surface area contributed by atoms with Gasteiger partial charge in [-0.3, -0.25) is 0 Å². The number of aromatic nitrogens is 1. The van der Waals surface area contributed by atoms with Gasteiger partial charge < -0.3 is 14.7 Å². The topological polar surface area (TPSA) is 58.4 Å². The molecule has 1 N–H and O–H groups in total. The Bertz CT molecular complexity index is 583. The molecule has 0 spiro atoms. The summed E-state index contributed by atoms with van der Waals surface area (Å²) in [4.78, 5) is 13.3. The second-order valence-electron chi connectivity index (χ2n) is 4.23. The minimum atomic E-state index is -0.397. The van der Waals surface area contributed by atoms with E-state index in [-0.39, 0.29) is 6.03 Å². The summed E-state index contributed by atoms with van der Waals surface area (Å²) in [6.07, 6.45) is 0. The van der Waals surface area contributed by atoms with E-state index in [9.17, 15) is 9.18 Å². The molecule has 1 heterocycles. The number of halogens is 1. The Labute approximate surface area is 110 Å². The van der Waals surface area contributed by atoms with E-state index in [1.54, 1.807) is 26.1 Å². The fourth-order valence-electron chi connectivity index (χ4n) is 1.58. The maximum Gasteiger partial charge on any atom is 0.321 e. The summed E-state index contributed by atoms with van der Waals surface area (Å²) >= 11 is 0. The van der Waals surface area contributed by atoms with Crippen molar-refractivity contribution < 1.29 is 13.7 Å². The average molecular weight is 263 g/mol. The van der Waals surface area contributed by atoms with Crippen molar-refractivity contribution in [1.82, 2.24) is 10.1 Å². The van der Waals surface area contributed by atoms with E-state index in [1.165, 1.54) is 23.1 Å². The van der Waals surface area contributed by atoms with Crippen LogP contribution in [0.1, 0.15) is 11.5 Å². The van der Waals surface area contributed by atoms with Crippen molar-refractivity contribution in [1.29, 1.82) is 0 Å². The molecule has 19 heavy (non-hydrogen) atoms. The number of benzene rings is 1. The fraction of sp³-hybridized carbons (Fsp3) is 0.231. The lowest BCUT2D eigenvalue weighted by Crippen LogP contribution is -2.30. The van der Waals surface area contributed by atoms with Gasteiger partial charge in [0.25, 0.3) is 0 Å². The zero-order valence-electron chi connectivity index (χ0n) is 10.7. The number of aryl methyl sites for hydroxylation is 1. The summed E-state index contributed by atoms with van der Waals surface area (Å²) in [5.41, 5.74) is 1.17. The molecule has 6 heteroatoms. The Kier molecular flexibility index (Phi) is 3.79. The first-order valence-electron chi connectivity index (χ1n) is 5.74. The van der Waals surface area contributed by atoms with Gasteiger partial charge in [-0.15, -0.1) is 0 Å². The van der Waals surface area contributed by atoms with E-state index in [4.69, 9.17) is 4.52 Å². The highest BCUT2D eigenvalue weighted by molar-refractivity contribution is 5.89. The van der Waals surface area contributed by atoms with Gasteiger partial charge in [-0.2, -0.15) is 0 Å². The molecule has 5 nitrogen and oxygen atoms in total. The Balaban J connectivity index is 1.96. The lowest BCUT2D eigenvalue weighted by Gasteiger charge is -2.16. The third-order valence-electron chi connectivity index (χ3n) is 2.49. The largest absolute Gasteiger partial charge is 0.359 e. The smallest absolute Gasteiger partial charge is 0.321 e. The van der Waals surface area contributed by atoms with Gasteiger partial charge in [0.15, 0.2) is 5.76 Å². The quantitative estimate of drug-likeness (QED) is 0.926. The number of anilines is 1. The summed E-state index contributed by atoms with van der Waals surface area (Å²) < 4.78 is 18.0. The van der Waals surface area contributed by atoms with Crippen LogP contribution in [0.3, 0.4) is 0 Å². The van der Waals surface area contributed by atoms with Crippen molar-refractivity contribution in [3.05, 3.63) is 47.6 Å². The second-order valence-corrected chi connectivity index (χ2v) is 4.23. The first kappa shape index (κ1) is 13.1. The molecule has 0 saturated carbocycles. The van der Waals surface area contributed by atoms with Crippen molar-refractivity contribution in [3.63, 3.8) is 0 Å². The van der Waals surface area contributed by atoms with Gasteiger partial charge in [0, 0.05) is 18.8 Å². The van der Waals surface area contributed by atoms with Crippen molar-refractivity contribution in [2.24, 2.45) is 0 Å². The standard InChI is InChI=1S/C13H14FN3O2/c1-9-6-12(19-16-9)8-17(2)13(18)15-11-5-3-4-10(14)7-11/h3-7H,8H2,1-2H3,(H,15,18). The third-order valence-corrected chi connectivity index (χ3v) is 2.49. The van der Waals surface area contributed by atoms with Gasteiger partial charge >= 0.3 is 6.03 Å². The maximum atomic E-state index is 13.0. The monoisotopic (exact) mass is 263 g/mol. The van der Waals surface area contributed by atoms with Crippen molar-refractivity contribution >= 4 is 11.7 Å². The van der Waals surface area contributed by atoms with Crippen LogP contribution in [0, 0.1) is 12.7 Å². The fourth-order valence-corrected chi connectivity index (χ4v) is 1.58. The summed E-state index contributed by atoms with van der Waals surface area (Å²) in [6.45, 7) is 2.10. The number of amides is 2. The van der Waals surface area contributed by atoms with E-state index in [0.717, 1.165) is 5.69 Å². The Morgan fingerprint density at radius 1 is 1.47 bits per heavy atom. The van der Waals surface area contributed by atoms with Crippen LogP contribution >= 0.6 is 0 Å². The Morgan fingerprint density at radius 3 is 2.89 bits per heavy atom. The molecular weight excluding hydrogens is 249 g/mol. The number of rotatable bonds is 3. The molecule has 2 aromatic rings. The Morgan fingerprint density at radius 2 is 2.26 bits per heavy atom. The molecule has 100 valence electrons. The highest BCUT2D eigenvalue weighted by Gasteiger charge is 2.12. The van der Waals surface area contributed by atoms with Gasteiger partial charge in [-0.1, -0.05) is 11.2 Å². The third kappa shape index (κ3) is 3.54. The van der Waals surface area contributed by atoms with Crippen LogP contribution in [0.4, 0.5) is 14.9 Å². The number of hydrogen-bond acceptors (Lipinski definition) is 3. The normalized spacial score (nSPS) is 10.3. The van der Waals surface area contributed by atoms with E-state index in [1.807, 2.05) is 0 Å². The van der Waals surface area contributed by atoms with Gasteiger partial charge in [0.2, 0.25) is 0 Å². The molecule has 0 aliphatic heterocycles. The van der Waals surface area contributed by atoms with Crippen LogP contribution in [0.25, 0.3) is 0 Å². The van der Waals surface area contributed by atoms with Gasteiger partial charge in [-0.25, -0.2) is 9.18 Å². The number of nitrogens with one attached hydrogen (secondary N) is 1. The molecular formula is C13H14FN3O2. The van der Waals surface area contributed by atoms with Crippen LogP contribution < -0.4 is 5.32 Å². The number of urea groups is 1. The molecule has 0 atom stereocenters. The number of nitrogens with zero attached hydrogens (tertiary/aromatic N) is 2. The SMILES string of the molecule is Cc1cc(CN(C)C(=O)Nc2cccc(F)c2)on1. The lowest BCUT2D eigenvalue weighted by atomic mass is 10.3. The van der Waals surface area contributed by atoms with Crippen LogP contribution in [-0.4, -0.2) is 23.1 Å². The van der Waals surface area contributed by atoms with Crippen LogP contribution in [-0.2, 0) is 6.54 Å². The average Bonchev–Trinajstić information content (AvgIpc) is 2.74. The van der Waals surface area contributed by atoms with Crippen LogP contribution in [0.5, 0.6) is 0 Å². The number of carbonyl (C=O) groups excluding carboxylic acids is 1. The van der Waals surface area contributed by atoms with Crippen molar-refractivity contribution in [2.45, 2.75) is 13.5 Å². The minimum Gasteiger partial charge on any atom is -0.359 e. The number of carbonyl (C=O) groups is 1. The molecule has 0 bridgehead atoms. The van der Waals surface area contributed by atoms with Gasteiger partial charge in [0.1, 0.15) is 5.82 Å². The molecule has 2 rings (SSSR count). The van der Waals surface area contributed by atoms with Crippen molar-refractivity contribution in [3.8, 4) is 0 Å². The summed E-state index contributed by atoms with van der Waals surface area (Å²) in [5.74, 6) is 0.195. The molecule has 0 saturated heterocycles. The van der Waals surface area contributed by atoms with Gasteiger partial charge in [-0.05, 0) is 25.1 Å². The summed E-state index contributed by atoms with van der Waals surface area (Å²) in [5, 5.41) is 6.34. The van der Waals surface area contributed by atoms with Crippen LogP contribution in [0.15, 0.2) is 34.9 Å². The molecule has 0 aliphatic carbocycles. The highest BCUT2D eigenvalue weighted by atomic mass is 19.1. The van der Waals surface area contributed by atoms with Gasteiger partial charge in [0.05, 0.1) is 12.2 Å². The minimum absolute atomic E-state index is 0.294. The number of hydrogen-bond donors (Lipinski definition) is 1. The zero-order chi connectivity index (χ0) is 13.8. The molecule has 2 amide bonds. The molecule has 0 aliphatic rings. The summed E-state index contributed by atoms with van der Waals surface area (Å²) in [6, 6.07) is 7.13. The molecule has 0 radical (unpaired) electrons. The second kappa shape index (κ2) is 5.51. The van der Waals surface area contributed by atoms with E-state index in [2.05, 4.69) is 10.5 Å². The summed E-state index contributed by atoms with van der Waals surface area (Å²) in [7, 11) is 1.62. The zero-order valence-corrected chi connectivity index (χ0v) is 10.7. The lowest BCUT2D eigenvalue weighted by molar-refractivity contribution is 0.214. The van der Waals surface area contributed by atoms with E-state index < -0.39 is 5.82 Å². The highest BCUT2D eigenvalue weighted by Crippen LogP contribution is 2.11. The molecule has 0 unspecified atom stereocenters. The predicted octanol–water partition coefficient (Wildman–Crippen LogP) is 2.79. The first-order chi connectivity index (χ1) is 9.04. The van der Waals surface area contributed by atoms with Crippen molar-refractivity contribution in [2.75, 3.05) is 12.4 Å². The predicted molar refractivity (Wildman–Crippen MR) is 68.1 cm³/mol.